The Kier molecular flexibility index (Phi) is 8.35. The normalized spacial score (nSPS) is 14.8. The molecule has 3 rings (SSSR count). The van der Waals surface area contributed by atoms with Crippen molar-refractivity contribution in [2.24, 2.45) is 0 Å². The highest BCUT2D eigenvalue weighted by molar-refractivity contribution is 7.89. The van der Waals surface area contributed by atoms with Gasteiger partial charge in [0.2, 0.25) is 10.0 Å². The maximum atomic E-state index is 12.7. The third-order valence-corrected chi connectivity index (χ3v) is 7.29. The zero-order valence-electron chi connectivity index (χ0n) is 18.6. The van der Waals surface area contributed by atoms with Crippen molar-refractivity contribution in [1.29, 1.82) is 0 Å². The molecule has 0 unspecified atom stereocenters. The lowest BCUT2D eigenvalue weighted by Gasteiger charge is -2.35. The number of aryl methyl sites for hydroxylation is 1. The summed E-state index contributed by atoms with van der Waals surface area (Å²) in [4.78, 5) is 14.1. The van der Waals surface area contributed by atoms with E-state index < -0.39 is 10.0 Å². The zero-order valence-corrected chi connectivity index (χ0v) is 19.4. The smallest absolute Gasteiger partial charge is 0.257 e. The van der Waals surface area contributed by atoms with Gasteiger partial charge < -0.3 is 19.7 Å². The highest BCUT2D eigenvalue weighted by Crippen LogP contribution is 2.19. The molecule has 32 heavy (non-hydrogen) atoms. The number of benzene rings is 2. The SMILES string of the molecule is COc1ccc(OCC(=O)NCCCS(=O)(=O)N2CCN(c3cccc(C)c3)CC2)cc1. The van der Waals surface area contributed by atoms with Gasteiger partial charge in [0, 0.05) is 38.4 Å². The third-order valence-electron chi connectivity index (χ3n) is 5.33. The fourth-order valence-electron chi connectivity index (χ4n) is 3.53. The zero-order chi connectivity index (χ0) is 23.0. The van der Waals surface area contributed by atoms with E-state index in [4.69, 9.17) is 9.47 Å². The van der Waals surface area contributed by atoms with Crippen molar-refractivity contribution in [3.8, 4) is 11.5 Å². The van der Waals surface area contributed by atoms with Crippen LogP contribution in [0.2, 0.25) is 0 Å². The second-order valence-electron chi connectivity index (χ2n) is 7.71. The van der Waals surface area contributed by atoms with Gasteiger partial charge in [-0.05, 0) is 55.3 Å². The summed E-state index contributed by atoms with van der Waals surface area (Å²) in [6, 6.07) is 15.2. The maximum absolute atomic E-state index is 12.7. The molecule has 0 aliphatic carbocycles. The summed E-state index contributed by atoms with van der Waals surface area (Å²) in [6.45, 7) is 4.49. The first-order valence-corrected chi connectivity index (χ1v) is 12.3. The van der Waals surface area contributed by atoms with Crippen molar-refractivity contribution in [1.82, 2.24) is 9.62 Å². The van der Waals surface area contributed by atoms with E-state index in [-0.39, 0.29) is 24.8 Å². The number of amides is 1. The molecule has 1 saturated heterocycles. The first-order chi connectivity index (χ1) is 15.4. The molecule has 9 heteroatoms. The number of piperazine rings is 1. The largest absolute Gasteiger partial charge is 0.497 e. The number of hydrogen-bond donors (Lipinski definition) is 1. The minimum absolute atomic E-state index is 0.0110. The Morgan fingerprint density at radius 1 is 1.03 bits per heavy atom. The van der Waals surface area contributed by atoms with Crippen LogP contribution < -0.4 is 19.7 Å². The Hall–Kier alpha value is -2.78. The van der Waals surface area contributed by atoms with E-state index in [2.05, 4.69) is 22.3 Å². The lowest BCUT2D eigenvalue weighted by Crippen LogP contribution is -2.49. The van der Waals surface area contributed by atoms with Crippen LogP contribution in [-0.2, 0) is 14.8 Å². The molecule has 0 saturated carbocycles. The Morgan fingerprint density at radius 2 is 1.72 bits per heavy atom. The monoisotopic (exact) mass is 461 g/mol. The Morgan fingerprint density at radius 3 is 2.38 bits per heavy atom. The van der Waals surface area contributed by atoms with Gasteiger partial charge in [-0.15, -0.1) is 0 Å². The van der Waals surface area contributed by atoms with E-state index in [1.165, 1.54) is 5.56 Å². The highest BCUT2D eigenvalue weighted by Gasteiger charge is 2.26. The molecule has 1 aliphatic rings. The fraction of sp³-hybridized carbons (Fsp3) is 0.435. The Labute approximate surface area is 190 Å². The predicted molar refractivity (Wildman–Crippen MR) is 125 cm³/mol. The van der Waals surface area contributed by atoms with E-state index >= 15 is 0 Å². The topological polar surface area (TPSA) is 88.2 Å². The number of methoxy groups -OCH3 is 1. The van der Waals surface area contributed by atoms with Gasteiger partial charge in [0.1, 0.15) is 11.5 Å². The van der Waals surface area contributed by atoms with Gasteiger partial charge >= 0.3 is 0 Å². The summed E-state index contributed by atoms with van der Waals surface area (Å²) >= 11 is 0. The van der Waals surface area contributed by atoms with E-state index in [1.54, 1.807) is 35.7 Å². The van der Waals surface area contributed by atoms with Gasteiger partial charge in [0.05, 0.1) is 12.9 Å². The first kappa shape index (κ1) is 23.9. The minimum atomic E-state index is -3.34. The number of sulfonamides is 1. The van der Waals surface area contributed by atoms with Crippen LogP contribution in [-0.4, -0.2) is 70.8 Å². The summed E-state index contributed by atoms with van der Waals surface area (Å²) in [5.41, 5.74) is 2.32. The highest BCUT2D eigenvalue weighted by atomic mass is 32.2. The number of hydrogen-bond acceptors (Lipinski definition) is 6. The molecular weight excluding hydrogens is 430 g/mol. The molecule has 0 atom stereocenters. The molecule has 2 aromatic rings. The molecule has 0 aromatic heterocycles. The maximum Gasteiger partial charge on any atom is 0.257 e. The summed E-state index contributed by atoms with van der Waals surface area (Å²) < 4.78 is 37.3. The van der Waals surface area contributed by atoms with Crippen LogP contribution in [0.5, 0.6) is 11.5 Å². The standard InChI is InChI=1S/C23H31N3O5S/c1-19-5-3-6-20(17-19)25-12-14-26(15-13-25)32(28,29)16-4-11-24-23(27)18-31-22-9-7-21(30-2)8-10-22/h3,5-10,17H,4,11-16,18H2,1-2H3,(H,24,27). The van der Waals surface area contributed by atoms with Crippen molar-refractivity contribution in [2.45, 2.75) is 13.3 Å². The number of nitrogens with zero attached hydrogens (tertiary/aromatic N) is 2. The van der Waals surface area contributed by atoms with Crippen molar-refractivity contribution in [3.63, 3.8) is 0 Å². The molecule has 174 valence electrons. The van der Waals surface area contributed by atoms with Gasteiger partial charge in [0.15, 0.2) is 6.61 Å². The average molecular weight is 462 g/mol. The molecule has 1 amide bonds. The van der Waals surface area contributed by atoms with E-state index in [1.807, 2.05) is 19.1 Å². The first-order valence-electron chi connectivity index (χ1n) is 10.7. The van der Waals surface area contributed by atoms with Crippen LogP contribution >= 0.6 is 0 Å². The molecule has 2 aromatic carbocycles. The fourth-order valence-corrected chi connectivity index (χ4v) is 5.02. The van der Waals surface area contributed by atoms with E-state index in [0.717, 1.165) is 5.69 Å². The average Bonchev–Trinajstić information content (AvgIpc) is 2.81. The van der Waals surface area contributed by atoms with Crippen LogP contribution in [0.25, 0.3) is 0 Å². The van der Waals surface area contributed by atoms with Crippen molar-refractivity contribution >= 4 is 21.6 Å². The number of rotatable bonds is 10. The lowest BCUT2D eigenvalue weighted by atomic mass is 10.2. The Bertz CT molecular complexity index is 987. The molecule has 0 bridgehead atoms. The minimum Gasteiger partial charge on any atom is -0.497 e. The predicted octanol–water partition coefficient (Wildman–Crippen LogP) is 2.04. The van der Waals surface area contributed by atoms with Gasteiger partial charge in [-0.1, -0.05) is 12.1 Å². The van der Waals surface area contributed by atoms with E-state index in [0.29, 0.717) is 44.1 Å². The van der Waals surface area contributed by atoms with Gasteiger partial charge in [-0.3, -0.25) is 4.79 Å². The number of anilines is 1. The number of carbonyl (C=O) groups is 1. The van der Waals surface area contributed by atoms with Crippen LogP contribution in [0.15, 0.2) is 48.5 Å². The van der Waals surface area contributed by atoms with Crippen LogP contribution in [0.4, 0.5) is 5.69 Å². The summed E-state index contributed by atoms with van der Waals surface area (Å²) in [5.74, 6) is 0.995. The molecular formula is C23H31N3O5S. The van der Waals surface area contributed by atoms with Gasteiger partial charge in [-0.25, -0.2) is 8.42 Å². The number of carbonyl (C=O) groups excluding carboxylic acids is 1. The van der Waals surface area contributed by atoms with Crippen molar-refractivity contribution < 1.29 is 22.7 Å². The molecule has 8 nitrogen and oxygen atoms in total. The van der Waals surface area contributed by atoms with Crippen molar-refractivity contribution in [3.05, 3.63) is 54.1 Å². The number of nitrogens with one attached hydrogen (secondary N) is 1. The van der Waals surface area contributed by atoms with Crippen LogP contribution in [0.3, 0.4) is 0 Å². The van der Waals surface area contributed by atoms with Gasteiger partial charge in [0.25, 0.3) is 5.91 Å². The van der Waals surface area contributed by atoms with Crippen LogP contribution in [0.1, 0.15) is 12.0 Å². The molecule has 1 N–H and O–H groups in total. The molecule has 1 fully saturated rings. The molecule has 0 radical (unpaired) electrons. The second kappa shape index (κ2) is 11.2. The molecule has 1 heterocycles. The second-order valence-corrected chi connectivity index (χ2v) is 9.80. The summed E-state index contributed by atoms with van der Waals surface area (Å²) in [5, 5.41) is 2.70. The number of ether oxygens (including phenoxy) is 2. The molecule has 0 spiro atoms. The third kappa shape index (κ3) is 6.86. The van der Waals surface area contributed by atoms with Gasteiger partial charge in [-0.2, -0.15) is 4.31 Å². The summed E-state index contributed by atoms with van der Waals surface area (Å²) in [6.07, 6.45) is 0.356. The molecule has 1 aliphatic heterocycles. The Balaban J connectivity index is 1.34. The van der Waals surface area contributed by atoms with E-state index in [9.17, 15) is 13.2 Å². The lowest BCUT2D eigenvalue weighted by molar-refractivity contribution is -0.123. The summed E-state index contributed by atoms with van der Waals surface area (Å²) in [7, 11) is -1.77. The quantitative estimate of drug-likeness (QED) is 0.545. The van der Waals surface area contributed by atoms with Crippen LogP contribution in [0, 0.1) is 6.92 Å². The van der Waals surface area contributed by atoms with Crippen molar-refractivity contribution in [2.75, 3.05) is 57.1 Å².